The van der Waals surface area contributed by atoms with Gasteiger partial charge in [-0.2, -0.15) is 0 Å². The van der Waals surface area contributed by atoms with Crippen LogP contribution in [-0.2, 0) is 0 Å². The molecule has 0 fully saturated rings. The first kappa shape index (κ1) is 18.0. The van der Waals surface area contributed by atoms with Crippen molar-refractivity contribution in [2.75, 3.05) is 11.1 Å². The van der Waals surface area contributed by atoms with Gasteiger partial charge in [-0.15, -0.1) is 11.3 Å². The third kappa shape index (κ3) is 3.41. The lowest BCUT2D eigenvalue weighted by Crippen LogP contribution is -2.11. The minimum atomic E-state index is -2.55. The number of nitrogens with one attached hydrogen (secondary N) is 1. The molecule has 0 spiro atoms. The minimum Gasteiger partial charge on any atom is -0.397 e. The number of alkyl halides is 2. The summed E-state index contributed by atoms with van der Waals surface area (Å²) in [6, 6.07) is 12.8. The molecule has 0 saturated carbocycles. The molecule has 0 aliphatic heterocycles. The Bertz CT molecular complexity index is 1140. The predicted molar refractivity (Wildman–Crippen MR) is 107 cm³/mol. The fourth-order valence-electron chi connectivity index (χ4n) is 2.74. The highest BCUT2D eigenvalue weighted by Gasteiger charge is 2.18. The average Bonchev–Trinajstić information content (AvgIpc) is 3.05. The van der Waals surface area contributed by atoms with E-state index in [1.54, 1.807) is 12.4 Å². The lowest BCUT2D eigenvalue weighted by molar-refractivity contribution is 0.103. The van der Waals surface area contributed by atoms with Crippen LogP contribution < -0.4 is 11.1 Å². The van der Waals surface area contributed by atoms with Gasteiger partial charge in [0.25, 0.3) is 12.3 Å². The fourth-order valence-corrected chi connectivity index (χ4v) is 3.73. The standard InChI is InChI=1S/C20H14F2N4OS/c21-18(22)11-3-5-13(6-4-11)25-19(27)17-16(23)14-7-8-15(26-20(14)28-17)12-2-1-9-24-10-12/h1-10,18H,23H2,(H,25,27). The number of nitrogens with two attached hydrogens (primary N) is 1. The first-order valence-electron chi connectivity index (χ1n) is 8.32. The van der Waals surface area contributed by atoms with Gasteiger partial charge in [0.05, 0.1) is 11.4 Å². The second kappa shape index (κ2) is 7.32. The predicted octanol–water partition coefficient (Wildman–Crippen LogP) is 5.13. The molecule has 0 saturated heterocycles. The van der Waals surface area contributed by atoms with Gasteiger partial charge in [0.2, 0.25) is 0 Å². The number of halogens is 2. The molecule has 0 radical (unpaired) electrons. The third-order valence-corrected chi connectivity index (χ3v) is 5.29. The van der Waals surface area contributed by atoms with Gasteiger partial charge in [-0.05, 0) is 36.4 Å². The zero-order valence-corrected chi connectivity index (χ0v) is 15.2. The summed E-state index contributed by atoms with van der Waals surface area (Å²) in [6.07, 6.45) is 0.839. The lowest BCUT2D eigenvalue weighted by Gasteiger charge is -2.05. The first-order chi connectivity index (χ1) is 13.5. The number of fused-ring (bicyclic) bond motifs is 1. The Morgan fingerprint density at radius 3 is 2.57 bits per heavy atom. The quantitative estimate of drug-likeness (QED) is 0.501. The summed E-state index contributed by atoms with van der Waals surface area (Å²) in [5.74, 6) is -0.409. The van der Waals surface area contributed by atoms with Crippen LogP contribution in [-0.4, -0.2) is 15.9 Å². The van der Waals surface area contributed by atoms with E-state index in [1.807, 2.05) is 24.3 Å². The van der Waals surface area contributed by atoms with E-state index in [1.165, 1.54) is 35.6 Å². The van der Waals surface area contributed by atoms with Crippen LogP contribution in [0.1, 0.15) is 21.7 Å². The van der Waals surface area contributed by atoms with Crippen molar-refractivity contribution in [2.45, 2.75) is 6.43 Å². The first-order valence-corrected chi connectivity index (χ1v) is 9.13. The largest absolute Gasteiger partial charge is 0.397 e. The van der Waals surface area contributed by atoms with Gasteiger partial charge >= 0.3 is 0 Å². The number of rotatable bonds is 4. The van der Waals surface area contributed by atoms with Crippen LogP contribution >= 0.6 is 11.3 Å². The van der Waals surface area contributed by atoms with Crippen molar-refractivity contribution in [1.29, 1.82) is 0 Å². The number of pyridine rings is 2. The van der Waals surface area contributed by atoms with Crippen LogP contribution in [0.15, 0.2) is 60.9 Å². The highest BCUT2D eigenvalue weighted by Crippen LogP contribution is 2.34. The number of thiophene rings is 1. The van der Waals surface area contributed by atoms with Gasteiger partial charge in [0, 0.05) is 34.6 Å². The number of anilines is 2. The monoisotopic (exact) mass is 396 g/mol. The Kier molecular flexibility index (Phi) is 4.70. The smallest absolute Gasteiger partial charge is 0.267 e. The second-order valence-corrected chi connectivity index (χ2v) is 7.01. The van der Waals surface area contributed by atoms with Crippen molar-refractivity contribution >= 4 is 38.8 Å². The van der Waals surface area contributed by atoms with Gasteiger partial charge in [0.1, 0.15) is 9.71 Å². The maximum Gasteiger partial charge on any atom is 0.267 e. The minimum absolute atomic E-state index is 0.105. The normalized spacial score (nSPS) is 11.1. The number of hydrogen-bond donors (Lipinski definition) is 2. The molecular weight excluding hydrogens is 382 g/mol. The van der Waals surface area contributed by atoms with Gasteiger partial charge in [0.15, 0.2) is 0 Å². The molecule has 8 heteroatoms. The zero-order valence-electron chi connectivity index (χ0n) is 14.4. The summed E-state index contributed by atoms with van der Waals surface area (Å²) >= 11 is 1.18. The lowest BCUT2D eigenvalue weighted by atomic mass is 10.1. The molecule has 3 N–H and O–H groups in total. The maximum absolute atomic E-state index is 12.6. The number of benzene rings is 1. The fraction of sp³-hybridized carbons (Fsp3) is 0.0500. The number of aromatic nitrogens is 2. The van der Waals surface area contributed by atoms with Crippen LogP contribution in [0.5, 0.6) is 0 Å². The molecule has 0 atom stereocenters. The molecule has 140 valence electrons. The van der Waals surface area contributed by atoms with E-state index < -0.39 is 12.3 Å². The topological polar surface area (TPSA) is 80.9 Å². The number of nitrogen functional groups attached to an aromatic ring is 1. The second-order valence-electron chi connectivity index (χ2n) is 6.01. The number of hydrogen-bond acceptors (Lipinski definition) is 5. The average molecular weight is 396 g/mol. The van der Waals surface area contributed by atoms with Gasteiger partial charge < -0.3 is 11.1 Å². The van der Waals surface area contributed by atoms with Crippen LogP contribution in [0.4, 0.5) is 20.2 Å². The van der Waals surface area contributed by atoms with E-state index in [9.17, 15) is 13.6 Å². The Balaban J connectivity index is 1.62. The highest BCUT2D eigenvalue weighted by atomic mass is 32.1. The summed E-state index contributed by atoms with van der Waals surface area (Å²) in [6.45, 7) is 0. The molecule has 5 nitrogen and oxygen atoms in total. The number of nitrogens with zero attached hydrogens (tertiary/aromatic N) is 2. The summed E-state index contributed by atoms with van der Waals surface area (Å²) in [5.41, 5.74) is 8.39. The number of carbonyl (C=O) groups is 1. The van der Waals surface area contributed by atoms with Crippen LogP contribution in [0.3, 0.4) is 0 Å². The molecule has 3 aromatic heterocycles. The van der Waals surface area contributed by atoms with Gasteiger partial charge in [-0.25, -0.2) is 13.8 Å². The van der Waals surface area contributed by atoms with Crippen molar-refractivity contribution in [3.63, 3.8) is 0 Å². The highest BCUT2D eigenvalue weighted by molar-refractivity contribution is 7.21. The van der Waals surface area contributed by atoms with Crippen molar-refractivity contribution in [1.82, 2.24) is 9.97 Å². The van der Waals surface area contributed by atoms with E-state index in [2.05, 4.69) is 15.3 Å². The van der Waals surface area contributed by atoms with E-state index >= 15 is 0 Å². The van der Waals surface area contributed by atoms with E-state index in [4.69, 9.17) is 5.73 Å². The molecule has 0 aliphatic rings. The molecule has 3 heterocycles. The van der Waals surface area contributed by atoms with E-state index in [-0.39, 0.29) is 5.56 Å². The van der Waals surface area contributed by atoms with Crippen LogP contribution in [0, 0.1) is 0 Å². The third-order valence-electron chi connectivity index (χ3n) is 4.18. The Hall–Kier alpha value is -3.39. The molecule has 28 heavy (non-hydrogen) atoms. The van der Waals surface area contributed by atoms with Gasteiger partial charge in [-0.3, -0.25) is 9.78 Å². The molecular formula is C20H14F2N4OS. The summed E-state index contributed by atoms with van der Waals surface area (Å²) in [7, 11) is 0. The maximum atomic E-state index is 12.6. The SMILES string of the molecule is Nc1c(C(=O)Nc2ccc(C(F)F)cc2)sc2nc(-c3cccnc3)ccc12. The summed E-state index contributed by atoms with van der Waals surface area (Å²) < 4.78 is 25.3. The summed E-state index contributed by atoms with van der Waals surface area (Å²) in [5, 5.41) is 3.37. The van der Waals surface area contributed by atoms with E-state index in [0.29, 0.717) is 26.5 Å². The Morgan fingerprint density at radius 2 is 1.89 bits per heavy atom. The molecule has 4 aromatic rings. The van der Waals surface area contributed by atoms with Crippen LogP contribution in [0.2, 0.25) is 0 Å². The molecule has 1 amide bonds. The Morgan fingerprint density at radius 1 is 1.11 bits per heavy atom. The van der Waals surface area contributed by atoms with Gasteiger partial charge in [-0.1, -0.05) is 12.1 Å². The Labute approximate surface area is 162 Å². The zero-order chi connectivity index (χ0) is 19.7. The molecule has 0 bridgehead atoms. The molecule has 4 rings (SSSR count). The van der Waals surface area contributed by atoms with Crippen molar-refractivity contribution in [3.8, 4) is 11.3 Å². The van der Waals surface area contributed by atoms with Crippen molar-refractivity contribution < 1.29 is 13.6 Å². The number of carbonyl (C=O) groups excluding carboxylic acids is 1. The van der Waals surface area contributed by atoms with Crippen LogP contribution in [0.25, 0.3) is 21.5 Å². The molecule has 1 aromatic carbocycles. The van der Waals surface area contributed by atoms with E-state index in [0.717, 1.165) is 11.3 Å². The number of amides is 1. The molecule has 0 aliphatic carbocycles. The summed E-state index contributed by atoms with van der Waals surface area (Å²) in [4.78, 5) is 22.2. The molecule has 0 unspecified atom stereocenters. The van der Waals surface area contributed by atoms with Crippen molar-refractivity contribution in [2.24, 2.45) is 0 Å². The van der Waals surface area contributed by atoms with Crippen molar-refractivity contribution in [3.05, 3.63) is 71.4 Å².